The van der Waals surface area contributed by atoms with E-state index in [0.29, 0.717) is 26.2 Å². The van der Waals surface area contributed by atoms with E-state index >= 15 is 0 Å². The first kappa shape index (κ1) is 20.7. The van der Waals surface area contributed by atoms with Gasteiger partial charge in [-0.15, -0.1) is 0 Å². The minimum atomic E-state index is -1.39. The highest BCUT2D eigenvalue weighted by atomic mass is 35.5. The van der Waals surface area contributed by atoms with Crippen LogP contribution in [-0.2, 0) is 17.6 Å². The SMILES string of the molecule is O=C(NC1(C(=O)O)Cc2ccccc2C1)c1ccc(Cl)c(-c2ccc(Cl)cc2Cl)c1. The fourth-order valence-corrected chi connectivity index (χ4v) is 4.51. The molecule has 0 aromatic heterocycles. The lowest BCUT2D eigenvalue weighted by atomic mass is 9.94. The van der Waals surface area contributed by atoms with Crippen molar-refractivity contribution >= 4 is 46.7 Å². The molecule has 1 amide bonds. The van der Waals surface area contributed by atoms with Gasteiger partial charge in [-0.3, -0.25) is 4.79 Å². The van der Waals surface area contributed by atoms with Crippen LogP contribution >= 0.6 is 34.8 Å². The van der Waals surface area contributed by atoms with Gasteiger partial charge in [0.1, 0.15) is 5.54 Å². The van der Waals surface area contributed by atoms with Gasteiger partial charge < -0.3 is 10.4 Å². The van der Waals surface area contributed by atoms with Gasteiger partial charge in [-0.1, -0.05) is 65.1 Å². The summed E-state index contributed by atoms with van der Waals surface area (Å²) in [6, 6.07) is 17.2. The Morgan fingerprint density at radius 3 is 2.10 bits per heavy atom. The van der Waals surface area contributed by atoms with Crippen LogP contribution < -0.4 is 5.32 Å². The van der Waals surface area contributed by atoms with Gasteiger partial charge in [0.15, 0.2) is 0 Å². The van der Waals surface area contributed by atoms with Gasteiger partial charge >= 0.3 is 5.97 Å². The van der Waals surface area contributed by atoms with E-state index in [1.54, 1.807) is 36.4 Å². The van der Waals surface area contributed by atoms with Crippen molar-refractivity contribution in [1.29, 1.82) is 0 Å². The predicted molar refractivity (Wildman–Crippen MR) is 119 cm³/mol. The van der Waals surface area contributed by atoms with E-state index in [1.165, 1.54) is 0 Å². The minimum absolute atomic E-state index is 0.230. The molecule has 0 saturated heterocycles. The lowest BCUT2D eigenvalue weighted by Gasteiger charge is -2.25. The van der Waals surface area contributed by atoms with E-state index in [4.69, 9.17) is 34.8 Å². The predicted octanol–water partition coefficient (Wildman–Crippen LogP) is 5.67. The second-order valence-corrected chi connectivity index (χ2v) is 8.53. The van der Waals surface area contributed by atoms with Crippen LogP contribution in [0.1, 0.15) is 21.5 Å². The van der Waals surface area contributed by atoms with Gasteiger partial charge in [-0.25, -0.2) is 4.79 Å². The zero-order chi connectivity index (χ0) is 21.5. The average Bonchev–Trinajstić information content (AvgIpc) is 3.08. The fraction of sp³-hybridized carbons (Fsp3) is 0.130. The van der Waals surface area contributed by atoms with Gasteiger partial charge in [0, 0.05) is 44.6 Å². The molecule has 3 aromatic rings. The summed E-state index contributed by atoms with van der Waals surface area (Å²) in [7, 11) is 0. The molecule has 1 aliphatic rings. The van der Waals surface area contributed by atoms with Crippen LogP contribution in [0.4, 0.5) is 0 Å². The number of fused-ring (bicyclic) bond motifs is 1. The molecule has 0 bridgehead atoms. The summed E-state index contributed by atoms with van der Waals surface area (Å²) in [6.07, 6.45) is 0.460. The van der Waals surface area contributed by atoms with Crippen molar-refractivity contribution in [3.8, 4) is 11.1 Å². The Balaban J connectivity index is 1.66. The Morgan fingerprint density at radius 1 is 0.833 bits per heavy atom. The summed E-state index contributed by atoms with van der Waals surface area (Å²) in [6.45, 7) is 0. The van der Waals surface area contributed by atoms with Crippen LogP contribution in [0.3, 0.4) is 0 Å². The van der Waals surface area contributed by atoms with E-state index in [2.05, 4.69) is 5.32 Å². The second kappa shape index (κ2) is 7.95. The number of aliphatic carboxylic acids is 1. The summed E-state index contributed by atoms with van der Waals surface area (Å²) in [5, 5.41) is 13.9. The average molecular weight is 461 g/mol. The zero-order valence-corrected chi connectivity index (χ0v) is 17.9. The highest BCUT2D eigenvalue weighted by Gasteiger charge is 2.45. The molecule has 0 unspecified atom stereocenters. The molecule has 0 heterocycles. The third kappa shape index (κ3) is 3.79. The van der Waals surface area contributed by atoms with E-state index in [-0.39, 0.29) is 18.4 Å². The Labute approximate surface area is 188 Å². The molecule has 2 N–H and O–H groups in total. The molecule has 4 nitrogen and oxygen atoms in total. The third-order valence-electron chi connectivity index (χ3n) is 5.31. The molecule has 7 heteroatoms. The van der Waals surface area contributed by atoms with Crippen LogP contribution in [-0.4, -0.2) is 22.5 Å². The van der Waals surface area contributed by atoms with Crippen molar-refractivity contribution in [2.24, 2.45) is 0 Å². The molecule has 0 fully saturated rings. The highest BCUT2D eigenvalue weighted by molar-refractivity contribution is 6.38. The third-order valence-corrected chi connectivity index (χ3v) is 6.19. The molecule has 0 aliphatic heterocycles. The Morgan fingerprint density at radius 2 is 1.50 bits per heavy atom. The summed E-state index contributed by atoms with van der Waals surface area (Å²) < 4.78 is 0. The van der Waals surface area contributed by atoms with Crippen LogP contribution in [0.15, 0.2) is 60.7 Å². The van der Waals surface area contributed by atoms with Crippen molar-refractivity contribution < 1.29 is 14.7 Å². The van der Waals surface area contributed by atoms with Crippen molar-refractivity contribution in [1.82, 2.24) is 5.32 Å². The van der Waals surface area contributed by atoms with Crippen molar-refractivity contribution in [2.45, 2.75) is 18.4 Å². The van der Waals surface area contributed by atoms with E-state index in [0.717, 1.165) is 11.1 Å². The molecule has 0 radical (unpaired) electrons. The number of carboxylic acid groups (broad SMARTS) is 1. The molecule has 0 spiro atoms. The van der Waals surface area contributed by atoms with Crippen molar-refractivity contribution in [3.63, 3.8) is 0 Å². The number of carbonyl (C=O) groups is 2. The van der Waals surface area contributed by atoms with Crippen LogP contribution in [0.25, 0.3) is 11.1 Å². The molecule has 4 rings (SSSR count). The van der Waals surface area contributed by atoms with Crippen LogP contribution in [0.2, 0.25) is 15.1 Å². The zero-order valence-electron chi connectivity index (χ0n) is 15.6. The molecule has 30 heavy (non-hydrogen) atoms. The quantitative estimate of drug-likeness (QED) is 0.527. The number of carboxylic acids is 1. The standard InChI is InChI=1S/C23H16Cl3NO3/c24-16-6-7-17(20(26)10-16)18-9-13(5-8-19(18)25)21(28)27-23(22(29)30)11-14-3-1-2-4-15(14)12-23/h1-10H,11-12H2,(H,27,28)(H,29,30). The topological polar surface area (TPSA) is 66.4 Å². The van der Waals surface area contributed by atoms with E-state index in [9.17, 15) is 14.7 Å². The molecule has 0 saturated carbocycles. The molecular weight excluding hydrogens is 445 g/mol. The molecule has 0 atom stereocenters. The number of amides is 1. The number of halogens is 3. The monoisotopic (exact) mass is 459 g/mol. The Hall–Kier alpha value is -2.53. The van der Waals surface area contributed by atoms with Crippen molar-refractivity contribution in [2.75, 3.05) is 0 Å². The Kier molecular flexibility index (Phi) is 5.49. The molecule has 152 valence electrons. The van der Waals surface area contributed by atoms with Gasteiger partial charge in [0.25, 0.3) is 5.91 Å². The first-order valence-corrected chi connectivity index (χ1v) is 10.3. The summed E-state index contributed by atoms with van der Waals surface area (Å²) in [5.41, 5.74) is 1.93. The van der Waals surface area contributed by atoms with Gasteiger partial charge in [0.2, 0.25) is 0 Å². The normalized spacial score (nSPS) is 14.2. The maximum Gasteiger partial charge on any atom is 0.330 e. The van der Waals surface area contributed by atoms with Crippen LogP contribution in [0.5, 0.6) is 0 Å². The number of rotatable bonds is 4. The maximum absolute atomic E-state index is 13.0. The summed E-state index contributed by atoms with van der Waals surface area (Å²) in [4.78, 5) is 25.1. The lowest BCUT2D eigenvalue weighted by molar-refractivity contribution is -0.144. The highest BCUT2D eigenvalue weighted by Crippen LogP contribution is 2.36. The minimum Gasteiger partial charge on any atom is -0.479 e. The molecule has 3 aromatic carbocycles. The maximum atomic E-state index is 13.0. The van der Waals surface area contributed by atoms with Gasteiger partial charge in [-0.05, 0) is 41.5 Å². The lowest BCUT2D eigenvalue weighted by Crippen LogP contribution is -2.55. The van der Waals surface area contributed by atoms with Gasteiger partial charge in [0.05, 0.1) is 0 Å². The summed E-state index contributed by atoms with van der Waals surface area (Å²) >= 11 is 18.6. The smallest absolute Gasteiger partial charge is 0.330 e. The number of hydrogen-bond acceptors (Lipinski definition) is 2. The van der Waals surface area contributed by atoms with E-state index in [1.807, 2.05) is 24.3 Å². The number of hydrogen-bond donors (Lipinski definition) is 2. The number of carbonyl (C=O) groups excluding carboxylic acids is 1. The number of benzene rings is 3. The summed E-state index contributed by atoms with van der Waals surface area (Å²) in [5.74, 6) is -1.56. The largest absolute Gasteiger partial charge is 0.479 e. The Bertz CT molecular complexity index is 1150. The first-order valence-electron chi connectivity index (χ1n) is 9.17. The molecule has 1 aliphatic carbocycles. The van der Waals surface area contributed by atoms with Crippen LogP contribution in [0, 0.1) is 0 Å². The second-order valence-electron chi connectivity index (χ2n) is 7.28. The van der Waals surface area contributed by atoms with E-state index < -0.39 is 17.4 Å². The van der Waals surface area contributed by atoms with Crippen molar-refractivity contribution in [3.05, 3.63) is 92.4 Å². The number of nitrogens with one attached hydrogen (secondary N) is 1. The first-order chi connectivity index (χ1) is 14.3. The van der Waals surface area contributed by atoms with Gasteiger partial charge in [-0.2, -0.15) is 0 Å². The molecular formula is C23H16Cl3NO3. The fourth-order valence-electron chi connectivity index (χ4n) is 3.78.